The number of anilines is 1. The van der Waals surface area contributed by atoms with Gasteiger partial charge >= 0.3 is 0 Å². The lowest BCUT2D eigenvalue weighted by atomic mass is 10.0. The van der Waals surface area contributed by atoms with Gasteiger partial charge in [-0.3, -0.25) is 9.59 Å². The lowest BCUT2D eigenvalue weighted by molar-refractivity contribution is -0.125. The fourth-order valence-corrected chi connectivity index (χ4v) is 2.44. The molecule has 0 radical (unpaired) electrons. The number of hydrogen-bond donors (Lipinski definition) is 1. The summed E-state index contributed by atoms with van der Waals surface area (Å²) in [4.78, 5) is 24.7. The molecule has 90 valence electrons. The van der Waals surface area contributed by atoms with Crippen molar-refractivity contribution < 1.29 is 9.59 Å². The van der Waals surface area contributed by atoms with Crippen LogP contribution in [-0.2, 0) is 9.59 Å². The first kappa shape index (κ1) is 11.9. The van der Waals surface area contributed by atoms with Crippen LogP contribution < -0.4 is 10.2 Å². The van der Waals surface area contributed by atoms with Crippen LogP contribution in [0.25, 0.3) is 0 Å². The highest BCUT2D eigenvalue weighted by Gasteiger charge is 2.38. The highest BCUT2D eigenvalue weighted by molar-refractivity contribution is 6.33. The average Bonchev–Trinajstić information content (AvgIpc) is 2.49. The van der Waals surface area contributed by atoms with Gasteiger partial charge in [-0.1, -0.05) is 17.7 Å². The first-order valence-electron chi connectivity index (χ1n) is 5.27. The van der Waals surface area contributed by atoms with E-state index >= 15 is 0 Å². The number of amides is 2. The molecule has 0 bridgehead atoms. The number of nitrogens with one attached hydrogen (secondary N) is 1. The van der Waals surface area contributed by atoms with E-state index < -0.39 is 6.04 Å². The van der Waals surface area contributed by atoms with E-state index in [0.717, 1.165) is 11.3 Å². The van der Waals surface area contributed by atoms with Gasteiger partial charge in [-0.25, -0.2) is 0 Å². The number of nitrogens with zero attached hydrogens (tertiary/aromatic N) is 1. The van der Waals surface area contributed by atoms with Crippen molar-refractivity contribution in [1.29, 1.82) is 0 Å². The molecule has 1 aliphatic heterocycles. The summed E-state index contributed by atoms with van der Waals surface area (Å²) in [6, 6.07) is 2.94. The van der Waals surface area contributed by atoms with Crippen molar-refractivity contribution in [3.05, 3.63) is 28.3 Å². The predicted molar refractivity (Wildman–Crippen MR) is 66.2 cm³/mol. The second-order valence-corrected chi connectivity index (χ2v) is 4.56. The Morgan fingerprint density at radius 3 is 2.71 bits per heavy atom. The van der Waals surface area contributed by atoms with Gasteiger partial charge < -0.3 is 10.2 Å². The maximum atomic E-state index is 12.1. The number of hydrogen-bond acceptors (Lipinski definition) is 2. The van der Waals surface area contributed by atoms with Gasteiger partial charge in [-0.05, 0) is 18.6 Å². The predicted octanol–water partition coefficient (Wildman–Crippen LogP) is 1.80. The minimum atomic E-state index is -0.667. The zero-order valence-electron chi connectivity index (χ0n) is 9.87. The highest BCUT2D eigenvalue weighted by Crippen LogP contribution is 2.41. The largest absolute Gasteiger partial charge is 0.341 e. The van der Waals surface area contributed by atoms with Crippen molar-refractivity contribution in [2.45, 2.75) is 19.9 Å². The summed E-state index contributed by atoms with van der Waals surface area (Å²) >= 11 is 6.12. The van der Waals surface area contributed by atoms with Crippen molar-refractivity contribution in [3.8, 4) is 0 Å². The average molecular weight is 253 g/mol. The fourth-order valence-electron chi connectivity index (χ4n) is 2.18. The SMILES string of the molecule is CC(=O)N[C@@H]1C(=O)N(C)c2c(C)ccc(Cl)c21. The molecule has 0 spiro atoms. The Labute approximate surface area is 105 Å². The Kier molecular flexibility index (Phi) is 2.83. The third-order valence-corrected chi connectivity index (χ3v) is 3.24. The fraction of sp³-hybridized carbons (Fsp3) is 0.333. The highest BCUT2D eigenvalue weighted by atomic mass is 35.5. The molecule has 2 rings (SSSR count). The molecule has 4 nitrogen and oxygen atoms in total. The number of carbonyl (C=O) groups is 2. The van der Waals surface area contributed by atoms with Gasteiger partial charge in [0.25, 0.3) is 5.91 Å². The van der Waals surface area contributed by atoms with Crippen LogP contribution in [0.5, 0.6) is 0 Å². The third kappa shape index (κ3) is 1.78. The number of likely N-dealkylation sites (N-methyl/N-ethyl adjacent to an activating group) is 1. The van der Waals surface area contributed by atoms with Gasteiger partial charge in [-0.15, -0.1) is 0 Å². The molecule has 0 aliphatic carbocycles. The van der Waals surface area contributed by atoms with E-state index in [4.69, 9.17) is 11.6 Å². The molecule has 17 heavy (non-hydrogen) atoms. The third-order valence-electron chi connectivity index (χ3n) is 2.91. The van der Waals surface area contributed by atoms with Crippen LogP contribution in [0.2, 0.25) is 5.02 Å². The summed E-state index contributed by atoms with van der Waals surface area (Å²) in [6.07, 6.45) is 0. The van der Waals surface area contributed by atoms with E-state index in [1.165, 1.54) is 11.8 Å². The van der Waals surface area contributed by atoms with Crippen molar-refractivity contribution in [1.82, 2.24) is 5.32 Å². The Hall–Kier alpha value is -1.55. The van der Waals surface area contributed by atoms with Crippen LogP contribution >= 0.6 is 11.6 Å². The molecule has 1 atom stereocenters. The maximum Gasteiger partial charge on any atom is 0.254 e. The molecule has 2 amide bonds. The number of halogens is 1. The molecule has 1 aromatic carbocycles. The summed E-state index contributed by atoms with van der Waals surface area (Å²) in [6.45, 7) is 3.30. The van der Waals surface area contributed by atoms with Gasteiger partial charge in [0.1, 0.15) is 6.04 Å². The van der Waals surface area contributed by atoms with Crippen LogP contribution in [0.15, 0.2) is 12.1 Å². The Bertz CT molecular complexity index is 513. The quantitative estimate of drug-likeness (QED) is 0.829. The molecule has 0 saturated heterocycles. The van der Waals surface area contributed by atoms with E-state index in [-0.39, 0.29) is 11.8 Å². The molecular weight excluding hydrogens is 240 g/mol. The molecule has 1 aromatic rings. The molecule has 0 aromatic heterocycles. The topological polar surface area (TPSA) is 49.4 Å². The molecule has 0 fully saturated rings. The summed E-state index contributed by atoms with van der Waals surface area (Å²) in [7, 11) is 1.69. The van der Waals surface area contributed by atoms with Gasteiger partial charge in [0, 0.05) is 24.6 Å². The Balaban J connectivity index is 2.59. The van der Waals surface area contributed by atoms with E-state index in [1.807, 2.05) is 13.0 Å². The number of rotatable bonds is 1. The van der Waals surface area contributed by atoms with Crippen LogP contribution in [0, 0.1) is 6.92 Å². The molecule has 1 N–H and O–H groups in total. The minimum absolute atomic E-state index is 0.161. The lowest BCUT2D eigenvalue weighted by Crippen LogP contribution is -2.34. The molecule has 1 heterocycles. The van der Waals surface area contributed by atoms with Gasteiger partial charge in [-0.2, -0.15) is 0 Å². The number of aryl methyl sites for hydroxylation is 1. The zero-order chi connectivity index (χ0) is 12.7. The number of benzene rings is 1. The second-order valence-electron chi connectivity index (χ2n) is 4.16. The van der Waals surface area contributed by atoms with Gasteiger partial charge in [0.2, 0.25) is 5.91 Å². The van der Waals surface area contributed by atoms with E-state index in [2.05, 4.69) is 5.32 Å². The monoisotopic (exact) mass is 252 g/mol. The zero-order valence-corrected chi connectivity index (χ0v) is 10.6. The van der Waals surface area contributed by atoms with Crippen molar-refractivity contribution in [3.63, 3.8) is 0 Å². The van der Waals surface area contributed by atoms with Crippen LogP contribution in [-0.4, -0.2) is 18.9 Å². The lowest BCUT2D eigenvalue weighted by Gasteiger charge is -2.12. The number of fused-ring (bicyclic) bond motifs is 1. The molecule has 1 aliphatic rings. The first-order valence-corrected chi connectivity index (χ1v) is 5.65. The summed E-state index contributed by atoms with van der Waals surface area (Å²) in [5, 5.41) is 3.13. The molecule has 5 heteroatoms. The summed E-state index contributed by atoms with van der Waals surface area (Å²) < 4.78 is 0. The van der Waals surface area contributed by atoms with Gasteiger partial charge in [0.15, 0.2) is 0 Å². The van der Waals surface area contributed by atoms with E-state index in [0.29, 0.717) is 10.6 Å². The standard InChI is InChI=1S/C12H13ClN2O2/c1-6-4-5-8(13)9-10(14-7(2)16)12(17)15(3)11(6)9/h4-5,10H,1-3H3,(H,14,16)/t10-/m0/s1. The molecular formula is C12H13ClN2O2. The summed E-state index contributed by atoms with van der Waals surface area (Å²) in [5.41, 5.74) is 2.45. The minimum Gasteiger partial charge on any atom is -0.341 e. The van der Waals surface area contributed by atoms with Crippen molar-refractivity contribution in [2.24, 2.45) is 0 Å². The summed E-state index contributed by atoms with van der Waals surface area (Å²) in [5.74, 6) is -0.409. The molecule has 0 saturated carbocycles. The maximum absolute atomic E-state index is 12.1. The van der Waals surface area contributed by atoms with Crippen molar-refractivity contribution in [2.75, 3.05) is 11.9 Å². The number of carbonyl (C=O) groups excluding carboxylic acids is 2. The van der Waals surface area contributed by atoms with E-state index in [1.54, 1.807) is 13.1 Å². The van der Waals surface area contributed by atoms with Crippen LogP contribution in [0.1, 0.15) is 24.1 Å². The smallest absolute Gasteiger partial charge is 0.254 e. The Morgan fingerprint density at radius 2 is 2.12 bits per heavy atom. The second kappa shape index (κ2) is 4.04. The van der Waals surface area contributed by atoms with Crippen LogP contribution in [0.3, 0.4) is 0 Å². The van der Waals surface area contributed by atoms with Gasteiger partial charge in [0.05, 0.1) is 5.69 Å². The normalized spacial score (nSPS) is 18.2. The van der Waals surface area contributed by atoms with Crippen LogP contribution in [0.4, 0.5) is 5.69 Å². The van der Waals surface area contributed by atoms with E-state index in [9.17, 15) is 9.59 Å². The molecule has 0 unspecified atom stereocenters. The Morgan fingerprint density at radius 1 is 1.47 bits per heavy atom. The van der Waals surface area contributed by atoms with Crippen molar-refractivity contribution >= 4 is 29.1 Å². The first-order chi connectivity index (χ1) is 7.93.